The number of quaternary nitrogens is 1. The molecule has 5 atom stereocenters. The van der Waals surface area contributed by atoms with Crippen molar-refractivity contribution in [2.75, 3.05) is 6.54 Å². The second-order valence-electron chi connectivity index (χ2n) is 5.14. The van der Waals surface area contributed by atoms with Crippen LogP contribution in [0.25, 0.3) is 0 Å². The molecule has 0 aromatic heterocycles. The quantitative estimate of drug-likeness (QED) is 0.644. The van der Waals surface area contributed by atoms with Crippen LogP contribution in [-0.4, -0.2) is 12.6 Å². The smallest absolute Gasteiger partial charge is 0.0924 e. The highest BCUT2D eigenvalue weighted by molar-refractivity contribution is 5.25. The van der Waals surface area contributed by atoms with E-state index in [1.54, 1.807) is 12.8 Å². The molecule has 0 radical (unpaired) electrons. The zero-order chi connectivity index (χ0) is 8.34. The van der Waals surface area contributed by atoms with Crippen molar-refractivity contribution in [3.05, 3.63) is 0 Å². The van der Waals surface area contributed by atoms with E-state index in [0.717, 1.165) is 23.3 Å². The van der Waals surface area contributed by atoms with Crippen LogP contribution < -0.4 is 5.32 Å². The fraction of sp³-hybridized carbons (Fsp3) is 1.00. The molecule has 4 fully saturated rings. The number of rotatable bonds is 3. The topological polar surface area (TPSA) is 16.6 Å². The molecule has 4 bridgehead atoms. The van der Waals surface area contributed by atoms with Crippen molar-refractivity contribution in [1.82, 2.24) is 0 Å². The van der Waals surface area contributed by atoms with Crippen LogP contribution in [-0.2, 0) is 0 Å². The third-order valence-electron chi connectivity index (χ3n) is 5.05. The van der Waals surface area contributed by atoms with Gasteiger partial charge in [-0.2, -0.15) is 0 Å². The third kappa shape index (κ3) is 0.585. The van der Waals surface area contributed by atoms with Gasteiger partial charge in [0.15, 0.2) is 0 Å². The molecule has 4 aliphatic rings. The molecular formula is C11H20N+. The summed E-state index contributed by atoms with van der Waals surface area (Å²) in [5.74, 6) is 3.42. The zero-order valence-corrected chi connectivity index (χ0v) is 8.22. The van der Waals surface area contributed by atoms with Gasteiger partial charge in [0, 0.05) is 11.8 Å². The summed E-state index contributed by atoms with van der Waals surface area (Å²) in [6.07, 6.45) is 4.63. The average Bonchev–Trinajstić information content (AvgIpc) is 2.49. The molecule has 1 heteroatoms. The second kappa shape index (κ2) is 2.06. The molecule has 4 rings (SSSR count). The Bertz CT molecular complexity index is 213. The Balaban J connectivity index is 1.81. The minimum Gasteiger partial charge on any atom is -0.344 e. The number of nitrogens with two attached hydrogens (primary N) is 1. The lowest BCUT2D eigenvalue weighted by atomic mass is 10.0. The largest absolute Gasteiger partial charge is 0.344 e. The molecule has 4 aliphatic carbocycles. The van der Waals surface area contributed by atoms with Crippen molar-refractivity contribution in [2.45, 2.75) is 39.2 Å². The van der Waals surface area contributed by atoms with Gasteiger partial charge in [-0.3, -0.25) is 0 Å². The number of hydrogen-bond donors (Lipinski definition) is 1. The Morgan fingerprint density at radius 2 is 2.25 bits per heavy atom. The van der Waals surface area contributed by atoms with Crippen LogP contribution in [0.3, 0.4) is 0 Å². The third-order valence-corrected chi connectivity index (χ3v) is 5.05. The Labute approximate surface area is 74.9 Å². The predicted octanol–water partition coefficient (Wildman–Crippen LogP) is 1.00. The normalized spacial score (nSPS) is 59.5. The van der Waals surface area contributed by atoms with Gasteiger partial charge in [0.25, 0.3) is 0 Å². The van der Waals surface area contributed by atoms with E-state index < -0.39 is 0 Å². The average molecular weight is 166 g/mol. The van der Waals surface area contributed by atoms with E-state index in [-0.39, 0.29) is 0 Å². The summed E-state index contributed by atoms with van der Waals surface area (Å²) in [7, 11) is 0. The van der Waals surface area contributed by atoms with Gasteiger partial charge in [0.2, 0.25) is 0 Å². The van der Waals surface area contributed by atoms with E-state index >= 15 is 0 Å². The van der Waals surface area contributed by atoms with E-state index in [1.807, 2.05) is 0 Å². The summed E-state index contributed by atoms with van der Waals surface area (Å²) in [5, 5.41) is 2.61. The summed E-state index contributed by atoms with van der Waals surface area (Å²) in [6, 6.07) is 1.04. The standard InChI is InChI=1S/C11H19N/c1-3-11-6-7-5-8(11)9(11)10(7)12-4-2/h7-10,12H,3-6H2,1-2H3/p+1/t7-,8+,9-,10+,11+/m0/s1. The first kappa shape index (κ1) is 7.37. The molecule has 0 unspecified atom stereocenters. The molecule has 0 saturated heterocycles. The Morgan fingerprint density at radius 3 is 2.75 bits per heavy atom. The Kier molecular flexibility index (Phi) is 1.27. The van der Waals surface area contributed by atoms with Gasteiger partial charge in [0.05, 0.1) is 12.6 Å². The van der Waals surface area contributed by atoms with Crippen molar-refractivity contribution in [3.63, 3.8) is 0 Å². The Morgan fingerprint density at radius 1 is 1.42 bits per heavy atom. The fourth-order valence-corrected chi connectivity index (χ4v) is 4.67. The first-order valence-corrected chi connectivity index (χ1v) is 5.66. The van der Waals surface area contributed by atoms with Crippen LogP contribution in [0.2, 0.25) is 0 Å². The molecular weight excluding hydrogens is 146 g/mol. The fourth-order valence-electron chi connectivity index (χ4n) is 4.67. The van der Waals surface area contributed by atoms with Crippen molar-refractivity contribution in [3.8, 4) is 0 Å². The maximum absolute atomic E-state index is 2.61. The van der Waals surface area contributed by atoms with E-state index in [4.69, 9.17) is 0 Å². The molecule has 4 saturated carbocycles. The van der Waals surface area contributed by atoms with Crippen LogP contribution in [0.5, 0.6) is 0 Å². The van der Waals surface area contributed by atoms with Crippen LogP contribution in [0, 0.1) is 23.2 Å². The second-order valence-corrected chi connectivity index (χ2v) is 5.14. The van der Waals surface area contributed by atoms with Gasteiger partial charge in [-0.25, -0.2) is 0 Å². The lowest BCUT2D eigenvalue weighted by Gasteiger charge is -2.11. The minimum absolute atomic E-state index is 0.876. The Hall–Kier alpha value is -0.0400. The predicted molar refractivity (Wildman–Crippen MR) is 48.7 cm³/mol. The summed E-state index contributed by atoms with van der Waals surface area (Å²) < 4.78 is 0. The van der Waals surface area contributed by atoms with Gasteiger partial charge >= 0.3 is 0 Å². The van der Waals surface area contributed by atoms with Crippen LogP contribution >= 0.6 is 0 Å². The van der Waals surface area contributed by atoms with Crippen LogP contribution in [0.4, 0.5) is 0 Å². The summed E-state index contributed by atoms with van der Waals surface area (Å²) in [6.45, 7) is 6.00. The molecule has 12 heavy (non-hydrogen) atoms. The van der Waals surface area contributed by atoms with E-state index in [9.17, 15) is 0 Å². The summed E-state index contributed by atoms with van der Waals surface area (Å²) in [5.41, 5.74) is 0.876. The van der Waals surface area contributed by atoms with Gasteiger partial charge in [-0.1, -0.05) is 6.92 Å². The number of hydrogen-bond acceptors (Lipinski definition) is 0. The van der Waals surface area contributed by atoms with Crippen LogP contribution in [0.15, 0.2) is 0 Å². The zero-order valence-electron chi connectivity index (χ0n) is 8.22. The molecule has 2 N–H and O–H groups in total. The summed E-state index contributed by atoms with van der Waals surface area (Å²) in [4.78, 5) is 0. The molecule has 0 spiro atoms. The first-order chi connectivity index (χ1) is 5.83. The monoisotopic (exact) mass is 166 g/mol. The molecule has 68 valence electrons. The maximum atomic E-state index is 2.61. The van der Waals surface area contributed by atoms with E-state index in [1.165, 1.54) is 18.9 Å². The molecule has 0 aliphatic heterocycles. The van der Waals surface area contributed by atoms with Gasteiger partial charge in [-0.05, 0) is 37.5 Å². The first-order valence-electron chi connectivity index (χ1n) is 5.66. The lowest BCUT2D eigenvalue weighted by Crippen LogP contribution is -2.90. The van der Waals surface area contributed by atoms with E-state index in [2.05, 4.69) is 19.2 Å². The van der Waals surface area contributed by atoms with Gasteiger partial charge < -0.3 is 5.32 Å². The van der Waals surface area contributed by atoms with Crippen molar-refractivity contribution < 1.29 is 5.32 Å². The maximum Gasteiger partial charge on any atom is 0.0924 e. The molecule has 0 heterocycles. The van der Waals surface area contributed by atoms with Gasteiger partial charge in [-0.15, -0.1) is 0 Å². The lowest BCUT2D eigenvalue weighted by molar-refractivity contribution is -0.692. The molecule has 1 nitrogen and oxygen atoms in total. The minimum atomic E-state index is 0.876. The van der Waals surface area contributed by atoms with Crippen molar-refractivity contribution in [1.29, 1.82) is 0 Å². The molecule has 0 amide bonds. The van der Waals surface area contributed by atoms with Crippen molar-refractivity contribution in [2.24, 2.45) is 23.2 Å². The SMILES string of the molecule is CC[NH2+][C@@H]1[C@H]2C[C@@H]3[C@@H]1[C@]3(CC)C2. The van der Waals surface area contributed by atoms with Crippen molar-refractivity contribution >= 4 is 0 Å². The molecule has 0 aromatic carbocycles. The highest BCUT2D eigenvalue weighted by Crippen LogP contribution is 2.79. The van der Waals surface area contributed by atoms with Gasteiger partial charge in [0.1, 0.15) is 0 Å². The highest BCUT2D eigenvalue weighted by atomic mass is 15.0. The van der Waals surface area contributed by atoms with E-state index in [0.29, 0.717) is 0 Å². The highest BCUT2D eigenvalue weighted by Gasteiger charge is 2.79. The summed E-state index contributed by atoms with van der Waals surface area (Å²) >= 11 is 0. The van der Waals surface area contributed by atoms with Crippen LogP contribution in [0.1, 0.15) is 33.1 Å². The molecule has 0 aromatic rings.